The Morgan fingerprint density at radius 3 is 2.48 bits per heavy atom. The van der Waals surface area contributed by atoms with Crippen LogP contribution in [0.25, 0.3) is 0 Å². The average molecular weight is 362 g/mol. The maximum atomic E-state index is 11.9. The summed E-state index contributed by atoms with van der Waals surface area (Å²) >= 11 is 5.95. The highest BCUT2D eigenvalue weighted by atomic mass is 35.5. The third-order valence-corrected chi connectivity index (χ3v) is 3.77. The molecule has 1 amide bonds. The van der Waals surface area contributed by atoms with Crippen molar-refractivity contribution < 1.29 is 19.1 Å². The lowest BCUT2D eigenvalue weighted by atomic mass is 10.2. The summed E-state index contributed by atoms with van der Waals surface area (Å²) in [5, 5.41) is 3.35. The smallest absolute Gasteiger partial charge is 0.338 e. The number of hydrogen-bond donors (Lipinski definition) is 1. The van der Waals surface area contributed by atoms with Gasteiger partial charge in [-0.1, -0.05) is 18.5 Å². The van der Waals surface area contributed by atoms with Gasteiger partial charge < -0.3 is 14.8 Å². The van der Waals surface area contributed by atoms with E-state index in [1.807, 2.05) is 13.8 Å². The maximum absolute atomic E-state index is 11.9. The molecule has 2 aromatic carbocycles. The van der Waals surface area contributed by atoms with Crippen LogP contribution in [0.4, 0.5) is 5.69 Å². The van der Waals surface area contributed by atoms with Gasteiger partial charge in [-0.25, -0.2) is 4.79 Å². The van der Waals surface area contributed by atoms with Crippen LogP contribution in [0, 0.1) is 6.92 Å². The van der Waals surface area contributed by atoms with Gasteiger partial charge in [-0.3, -0.25) is 4.79 Å². The normalized spacial score (nSPS) is 10.2. The molecule has 1 N–H and O–H groups in total. The van der Waals surface area contributed by atoms with Crippen LogP contribution in [-0.2, 0) is 9.53 Å². The van der Waals surface area contributed by atoms with Crippen LogP contribution in [0.1, 0.15) is 29.3 Å². The fourth-order valence-corrected chi connectivity index (χ4v) is 2.14. The van der Waals surface area contributed by atoms with Gasteiger partial charge in [0.25, 0.3) is 5.91 Å². The standard InChI is InChI=1S/C19H20ClNO4/c1-3-10-24-19(23)14-4-6-15(7-5-14)21-18(22)12-25-16-8-9-17(20)13(2)11-16/h4-9,11H,3,10,12H2,1-2H3,(H,21,22). The number of amides is 1. The SMILES string of the molecule is CCCOC(=O)c1ccc(NC(=O)COc2ccc(Cl)c(C)c2)cc1. The molecule has 6 heteroatoms. The molecule has 132 valence electrons. The first-order valence-electron chi connectivity index (χ1n) is 7.95. The van der Waals surface area contributed by atoms with Crippen molar-refractivity contribution in [2.45, 2.75) is 20.3 Å². The fraction of sp³-hybridized carbons (Fsp3) is 0.263. The molecule has 0 heterocycles. The molecule has 0 aliphatic rings. The Kier molecular flexibility index (Phi) is 6.83. The van der Waals surface area contributed by atoms with E-state index < -0.39 is 0 Å². The van der Waals surface area contributed by atoms with Gasteiger partial charge in [-0.15, -0.1) is 0 Å². The molecule has 0 fully saturated rings. The van der Waals surface area contributed by atoms with Gasteiger partial charge in [0.1, 0.15) is 5.75 Å². The lowest BCUT2D eigenvalue weighted by molar-refractivity contribution is -0.118. The lowest BCUT2D eigenvalue weighted by Gasteiger charge is -2.09. The van der Waals surface area contributed by atoms with E-state index in [-0.39, 0.29) is 18.5 Å². The Hall–Kier alpha value is -2.53. The van der Waals surface area contributed by atoms with E-state index >= 15 is 0 Å². The maximum Gasteiger partial charge on any atom is 0.338 e. The number of rotatable bonds is 7. The van der Waals surface area contributed by atoms with Gasteiger partial charge in [-0.05, 0) is 61.4 Å². The van der Waals surface area contributed by atoms with Crippen molar-refractivity contribution in [1.29, 1.82) is 0 Å². The van der Waals surface area contributed by atoms with Crippen molar-refractivity contribution in [3.63, 3.8) is 0 Å². The third kappa shape index (κ3) is 5.80. The number of benzene rings is 2. The molecule has 2 aromatic rings. The molecular weight excluding hydrogens is 342 g/mol. The Morgan fingerprint density at radius 2 is 1.84 bits per heavy atom. The van der Waals surface area contributed by atoms with E-state index in [1.54, 1.807) is 42.5 Å². The number of hydrogen-bond acceptors (Lipinski definition) is 4. The topological polar surface area (TPSA) is 64.6 Å². The van der Waals surface area contributed by atoms with Crippen molar-refractivity contribution in [2.75, 3.05) is 18.5 Å². The summed E-state index contributed by atoms with van der Waals surface area (Å²) in [6.07, 6.45) is 0.771. The quantitative estimate of drug-likeness (QED) is 0.749. The zero-order valence-electron chi connectivity index (χ0n) is 14.2. The van der Waals surface area contributed by atoms with Crippen molar-refractivity contribution >= 4 is 29.2 Å². The molecule has 25 heavy (non-hydrogen) atoms. The Balaban J connectivity index is 1.85. The second kappa shape index (κ2) is 9.08. The largest absolute Gasteiger partial charge is 0.484 e. The van der Waals surface area contributed by atoms with E-state index in [0.29, 0.717) is 28.6 Å². The number of halogens is 1. The molecule has 0 aliphatic heterocycles. The highest BCUT2D eigenvalue weighted by molar-refractivity contribution is 6.31. The van der Waals surface area contributed by atoms with E-state index in [9.17, 15) is 9.59 Å². The molecule has 0 radical (unpaired) electrons. The number of esters is 1. The first-order valence-corrected chi connectivity index (χ1v) is 8.33. The molecular formula is C19H20ClNO4. The summed E-state index contributed by atoms with van der Waals surface area (Å²) in [7, 11) is 0. The molecule has 0 aromatic heterocycles. The fourth-order valence-electron chi connectivity index (χ4n) is 2.02. The molecule has 0 spiro atoms. The van der Waals surface area contributed by atoms with Crippen molar-refractivity contribution in [1.82, 2.24) is 0 Å². The minimum atomic E-state index is -0.374. The van der Waals surface area contributed by atoms with Crippen molar-refractivity contribution in [2.24, 2.45) is 0 Å². The summed E-state index contributed by atoms with van der Waals surface area (Å²) in [5.41, 5.74) is 1.90. The second-order valence-electron chi connectivity index (χ2n) is 5.46. The van der Waals surface area contributed by atoms with Crippen molar-refractivity contribution in [3.05, 3.63) is 58.6 Å². The molecule has 5 nitrogen and oxygen atoms in total. The summed E-state index contributed by atoms with van der Waals surface area (Å²) in [5.74, 6) is -0.0962. The van der Waals surface area contributed by atoms with Gasteiger partial charge in [0.05, 0.1) is 12.2 Å². The molecule has 0 unspecified atom stereocenters. The number of anilines is 1. The van der Waals surface area contributed by atoms with Crippen LogP contribution in [0.3, 0.4) is 0 Å². The van der Waals surface area contributed by atoms with Crippen LogP contribution in [0.15, 0.2) is 42.5 Å². The third-order valence-electron chi connectivity index (χ3n) is 3.34. The van der Waals surface area contributed by atoms with Crippen molar-refractivity contribution in [3.8, 4) is 5.75 Å². The van der Waals surface area contributed by atoms with Crippen LogP contribution in [0.5, 0.6) is 5.75 Å². The van der Waals surface area contributed by atoms with Crippen LogP contribution < -0.4 is 10.1 Å². The van der Waals surface area contributed by atoms with E-state index in [1.165, 1.54) is 0 Å². The predicted molar refractivity (Wildman–Crippen MR) is 97.3 cm³/mol. The lowest BCUT2D eigenvalue weighted by Crippen LogP contribution is -2.20. The predicted octanol–water partition coefficient (Wildman–Crippen LogP) is 4.23. The van der Waals surface area contributed by atoms with Gasteiger partial charge in [0, 0.05) is 10.7 Å². The van der Waals surface area contributed by atoms with Gasteiger partial charge >= 0.3 is 5.97 Å². The number of carbonyl (C=O) groups is 2. The zero-order chi connectivity index (χ0) is 18.2. The van der Waals surface area contributed by atoms with Gasteiger partial charge in [0.2, 0.25) is 0 Å². The molecule has 0 saturated carbocycles. The number of nitrogens with one attached hydrogen (secondary N) is 1. The van der Waals surface area contributed by atoms with Crippen LogP contribution in [-0.4, -0.2) is 25.1 Å². The molecule has 0 atom stereocenters. The van der Waals surface area contributed by atoms with E-state index in [2.05, 4.69) is 5.32 Å². The van der Waals surface area contributed by atoms with Gasteiger partial charge in [0.15, 0.2) is 6.61 Å². The average Bonchev–Trinajstić information content (AvgIpc) is 2.61. The zero-order valence-corrected chi connectivity index (χ0v) is 14.9. The summed E-state index contributed by atoms with van der Waals surface area (Å²) < 4.78 is 10.5. The Labute approximate surface area is 151 Å². The highest BCUT2D eigenvalue weighted by Crippen LogP contribution is 2.21. The monoisotopic (exact) mass is 361 g/mol. The minimum Gasteiger partial charge on any atom is -0.484 e. The Bertz CT molecular complexity index is 744. The number of aryl methyl sites for hydroxylation is 1. The number of ether oxygens (including phenoxy) is 2. The molecule has 0 saturated heterocycles. The van der Waals surface area contributed by atoms with Gasteiger partial charge in [-0.2, -0.15) is 0 Å². The number of carbonyl (C=O) groups excluding carboxylic acids is 2. The first kappa shape index (κ1) is 18.8. The summed E-state index contributed by atoms with van der Waals surface area (Å²) in [4.78, 5) is 23.7. The summed E-state index contributed by atoms with van der Waals surface area (Å²) in [6.45, 7) is 4.06. The van der Waals surface area contributed by atoms with Crippen LogP contribution >= 0.6 is 11.6 Å². The van der Waals surface area contributed by atoms with E-state index in [0.717, 1.165) is 12.0 Å². The molecule has 0 bridgehead atoms. The second-order valence-corrected chi connectivity index (χ2v) is 5.87. The van der Waals surface area contributed by atoms with E-state index in [4.69, 9.17) is 21.1 Å². The Morgan fingerprint density at radius 1 is 1.12 bits per heavy atom. The molecule has 2 rings (SSSR count). The molecule has 0 aliphatic carbocycles. The highest BCUT2D eigenvalue weighted by Gasteiger charge is 2.08. The first-order chi connectivity index (χ1) is 12.0. The van der Waals surface area contributed by atoms with Crippen LogP contribution in [0.2, 0.25) is 5.02 Å². The summed E-state index contributed by atoms with van der Waals surface area (Å²) in [6, 6.07) is 11.7. The minimum absolute atomic E-state index is 0.124.